The van der Waals surface area contributed by atoms with Crippen molar-refractivity contribution in [3.63, 3.8) is 0 Å². The average molecular weight is 156 g/mol. The lowest BCUT2D eigenvalue weighted by molar-refractivity contribution is 0.331. The van der Waals surface area contributed by atoms with Gasteiger partial charge in [0, 0.05) is 0 Å². The lowest BCUT2D eigenvalue weighted by Crippen LogP contribution is -1.83. The highest BCUT2D eigenvalue weighted by Crippen LogP contribution is 2.00. The van der Waals surface area contributed by atoms with Crippen molar-refractivity contribution < 1.29 is 10.2 Å². The van der Waals surface area contributed by atoms with Crippen molar-refractivity contribution in [2.24, 2.45) is 0 Å². The first-order chi connectivity index (χ1) is 5.31. The van der Waals surface area contributed by atoms with Crippen LogP contribution >= 0.6 is 0 Å². The molecule has 0 bridgehead atoms. The molecule has 0 saturated carbocycles. The molecule has 0 aromatic heterocycles. The fourth-order valence-corrected chi connectivity index (χ4v) is 0.723. The second-order valence-corrected chi connectivity index (χ2v) is 2.52. The Kier molecular flexibility index (Phi) is 6.84. The Balaban J connectivity index is 3.26. The quantitative estimate of drug-likeness (QED) is 0.364. The van der Waals surface area contributed by atoms with E-state index in [0.29, 0.717) is 0 Å². The third-order valence-electron chi connectivity index (χ3n) is 1.42. The van der Waals surface area contributed by atoms with Gasteiger partial charge < -0.3 is 10.2 Å². The highest BCUT2D eigenvalue weighted by molar-refractivity contribution is 4.97. The Morgan fingerprint density at radius 2 is 2.09 bits per heavy atom. The van der Waals surface area contributed by atoms with E-state index >= 15 is 0 Å². The lowest BCUT2D eigenvalue weighted by Gasteiger charge is -1.93. The van der Waals surface area contributed by atoms with Crippen LogP contribution in [0, 0.1) is 0 Å². The molecule has 0 aliphatic heterocycles. The molecule has 0 amide bonds. The first kappa shape index (κ1) is 10.2. The number of hydrogen-bond donors (Lipinski definition) is 2. The molecule has 11 heavy (non-hydrogen) atoms. The number of aliphatic hydroxyl groups is 2. The van der Waals surface area contributed by atoms with Gasteiger partial charge in [-0.25, -0.2) is 0 Å². The molecule has 0 heterocycles. The molecule has 0 rings (SSSR count). The lowest BCUT2D eigenvalue weighted by atomic mass is 10.2. The summed E-state index contributed by atoms with van der Waals surface area (Å²) in [7, 11) is 0. The van der Waals surface area contributed by atoms with Gasteiger partial charge >= 0.3 is 0 Å². The fourth-order valence-electron chi connectivity index (χ4n) is 0.723. The van der Waals surface area contributed by atoms with Gasteiger partial charge in [-0.2, -0.15) is 0 Å². The molecule has 0 fully saturated rings. The first-order valence-electron chi connectivity index (χ1n) is 3.87. The highest BCUT2D eigenvalue weighted by Gasteiger charge is 1.84. The Hall–Kier alpha value is -0.760. The first-order valence-corrected chi connectivity index (χ1v) is 3.87. The minimum Gasteiger partial charge on any atom is -0.516 e. The Morgan fingerprint density at radius 3 is 2.64 bits per heavy atom. The predicted molar refractivity (Wildman–Crippen MR) is 46.5 cm³/mol. The minimum atomic E-state index is 0.149. The summed E-state index contributed by atoms with van der Waals surface area (Å²) in [5, 5.41) is 16.9. The van der Waals surface area contributed by atoms with Crippen LogP contribution in [0.2, 0.25) is 0 Å². The molecule has 2 N–H and O–H groups in total. The molecule has 64 valence electrons. The summed E-state index contributed by atoms with van der Waals surface area (Å²) in [5.74, 6) is 0. The zero-order chi connectivity index (χ0) is 8.53. The molecule has 0 atom stereocenters. The van der Waals surface area contributed by atoms with Crippen molar-refractivity contribution in [1.29, 1.82) is 0 Å². The number of aliphatic hydroxyl groups excluding tert-OH is 2. The van der Waals surface area contributed by atoms with E-state index in [0.717, 1.165) is 31.1 Å². The molecule has 0 aliphatic rings. The summed E-state index contributed by atoms with van der Waals surface area (Å²) >= 11 is 0. The van der Waals surface area contributed by atoms with E-state index in [1.807, 2.05) is 13.0 Å². The van der Waals surface area contributed by atoms with E-state index in [2.05, 4.69) is 0 Å². The molecule has 2 heteroatoms. The zero-order valence-corrected chi connectivity index (χ0v) is 6.95. The molecular weight excluding hydrogens is 140 g/mol. The number of unbranched alkanes of at least 4 members (excludes halogenated alkanes) is 2. The summed E-state index contributed by atoms with van der Waals surface area (Å²) in [6.07, 6.45) is 7.70. The van der Waals surface area contributed by atoms with E-state index in [1.54, 1.807) is 6.08 Å². The third kappa shape index (κ3) is 7.13. The van der Waals surface area contributed by atoms with Crippen LogP contribution < -0.4 is 0 Å². The van der Waals surface area contributed by atoms with Crippen LogP contribution in [-0.4, -0.2) is 16.8 Å². The normalized spacial score (nSPS) is 12.7. The van der Waals surface area contributed by atoms with Gasteiger partial charge in [0.05, 0.1) is 12.9 Å². The summed E-state index contributed by atoms with van der Waals surface area (Å²) in [6.45, 7) is 2.05. The molecule has 0 aliphatic carbocycles. The van der Waals surface area contributed by atoms with Crippen LogP contribution in [0.1, 0.15) is 26.2 Å². The van der Waals surface area contributed by atoms with E-state index in [1.165, 1.54) is 0 Å². The van der Waals surface area contributed by atoms with Crippen LogP contribution in [0.15, 0.2) is 24.0 Å². The molecule has 0 unspecified atom stereocenters. The maximum absolute atomic E-state index is 8.62. The zero-order valence-electron chi connectivity index (χ0n) is 6.95. The minimum absolute atomic E-state index is 0.149. The van der Waals surface area contributed by atoms with E-state index in [-0.39, 0.29) is 6.61 Å². The van der Waals surface area contributed by atoms with Gasteiger partial charge in [0.25, 0.3) is 0 Å². The smallest absolute Gasteiger partial charge is 0.0751 e. The largest absolute Gasteiger partial charge is 0.516 e. The standard InChI is InChI=1S/C9H16O2/c1-9(8-11)6-4-2-3-5-7-10/h5-7,10-11H,2-4,8H2,1H3. The highest BCUT2D eigenvalue weighted by atomic mass is 16.3. The summed E-state index contributed by atoms with van der Waals surface area (Å²) < 4.78 is 0. The number of rotatable bonds is 5. The van der Waals surface area contributed by atoms with Gasteiger partial charge in [-0.05, 0) is 26.2 Å². The van der Waals surface area contributed by atoms with Crippen LogP contribution in [0.3, 0.4) is 0 Å². The topological polar surface area (TPSA) is 40.5 Å². The molecular formula is C9H16O2. The van der Waals surface area contributed by atoms with E-state index in [4.69, 9.17) is 10.2 Å². The molecule has 0 radical (unpaired) electrons. The SMILES string of the molecule is CC(=CCCCC=CO)CO. The van der Waals surface area contributed by atoms with Gasteiger partial charge in [-0.1, -0.05) is 17.7 Å². The van der Waals surface area contributed by atoms with Gasteiger partial charge in [0.1, 0.15) is 0 Å². The maximum Gasteiger partial charge on any atom is 0.0751 e. The molecule has 0 aromatic carbocycles. The molecule has 0 saturated heterocycles. The van der Waals surface area contributed by atoms with Gasteiger partial charge in [-0.3, -0.25) is 0 Å². The van der Waals surface area contributed by atoms with Gasteiger partial charge in [0.15, 0.2) is 0 Å². The fraction of sp³-hybridized carbons (Fsp3) is 0.556. The Labute approximate surface area is 67.9 Å². The van der Waals surface area contributed by atoms with Gasteiger partial charge in [0.2, 0.25) is 0 Å². The van der Waals surface area contributed by atoms with Gasteiger partial charge in [-0.15, -0.1) is 0 Å². The van der Waals surface area contributed by atoms with Crippen molar-refractivity contribution in [2.75, 3.05) is 6.61 Å². The van der Waals surface area contributed by atoms with Crippen LogP contribution in [0.5, 0.6) is 0 Å². The van der Waals surface area contributed by atoms with Crippen molar-refractivity contribution in [3.8, 4) is 0 Å². The van der Waals surface area contributed by atoms with E-state index < -0.39 is 0 Å². The maximum atomic E-state index is 8.62. The average Bonchev–Trinajstić information content (AvgIpc) is 2.04. The summed E-state index contributed by atoms with van der Waals surface area (Å²) in [6, 6.07) is 0. The second kappa shape index (κ2) is 7.35. The Bertz CT molecular complexity index is 136. The third-order valence-corrected chi connectivity index (χ3v) is 1.42. The van der Waals surface area contributed by atoms with Crippen LogP contribution in [-0.2, 0) is 0 Å². The van der Waals surface area contributed by atoms with Crippen molar-refractivity contribution >= 4 is 0 Å². The predicted octanol–water partition coefficient (Wildman–Crippen LogP) is 2.17. The second-order valence-electron chi connectivity index (χ2n) is 2.52. The van der Waals surface area contributed by atoms with E-state index in [9.17, 15) is 0 Å². The molecule has 0 aromatic rings. The Morgan fingerprint density at radius 1 is 1.36 bits per heavy atom. The van der Waals surface area contributed by atoms with Crippen molar-refractivity contribution in [1.82, 2.24) is 0 Å². The number of allylic oxidation sites excluding steroid dienone is 2. The van der Waals surface area contributed by atoms with Crippen molar-refractivity contribution in [2.45, 2.75) is 26.2 Å². The molecule has 2 nitrogen and oxygen atoms in total. The molecule has 0 spiro atoms. The number of hydrogen-bond acceptors (Lipinski definition) is 2. The summed E-state index contributed by atoms with van der Waals surface area (Å²) in [4.78, 5) is 0. The summed E-state index contributed by atoms with van der Waals surface area (Å²) in [5.41, 5.74) is 1.01. The van der Waals surface area contributed by atoms with Crippen molar-refractivity contribution in [3.05, 3.63) is 24.0 Å². The monoisotopic (exact) mass is 156 g/mol. The van der Waals surface area contributed by atoms with Crippen LogP contribution in [0.4, 0.5) is 0 Å². The van der Waals surface area contributed by atoms with Crippen LogP contribution in [0.25, 0.3) is 0 Å².